The number of hydrogen-bond donors (Lipinski definition) is 3. The van der Waals surface area contributed by atoms with Crippen molar-refractivity contribution in [2.75, 3.05) is 25.1 Å². The lowest BCUT2D eigenvalue weighted by molar-refractivity contribution is -0.139. The van der Waals surface area contributed by atoms with Gasteiger partial charge >= 0.3 is 6.03 Å². The third-order valence-corrected chi connectivity index (χ3v) is 3.86. The topological polar surface area (TPSA) is 95.7 Å². The van der Waals surface area contributed by atoms with Crippen molar-refractivity contribution >= 4 is 23.7 Å². The van der Waals surface area contributed by atoms with Crippen molar-refractivity contribution < 1.29 is 14.7 Å². The number of urea groups is 1. The summed E-state index contributed by atoms with van der Waals surface area (Å²) in [6.07, 6.45) is 3.94. The Morgan fingerprint density at radius 2 is 2.26 bits per heavy atom. The Kier molecular flexibility index (Phi) is 5.93. The highest BCUT2D eigenvalue weighted by Gasteiger charge is 2.34. The Bertz CT molecular complexity index is 336. The van der Waals surface area contributed by atoms with E-state index in [9.17, 15) is 14.7 Å². The van der Waals surface area contributed by atoms with Crippen molar-refractivity contribution in [3.05, 3.63) is 0 Å². The SMILES string of the molecule is CSCCC(NC(N)=O)C(=O)N1CCCC(C)(O)C1. The first-order valence-electron chi connectivity index (χ1n) is 6.42. The Morgan fingerprint density at radius 3 is 2.79 bits per heavy atom. The monoisotopic (exact) mass is 289 g/mol. The van der Waals surface area contributed by atoms with Gasteiger partial charge in [-0.25, -0.2) is 4.79 Å². The lowest BCUT2D eigenvalue weighted by Gasteiger charge is -2.38. The van der Waals surface area contributed by atoms with Gasteiger partial charge in [0.15, 0.2) is 0 Å². The number of nitrogens with zero attached hydrogens (tertiary/aromatic N) is 1. The van der Waals surface area contributed by atoms with Gasteiger partial charge < -0.3 is 21.1 Å². The van der Waals surface area contributed by atoms with Gasteiger partial charge in [-0.1, -0.05) is 0 Å². The highest BCUT2D eigenvalue weighted by molar-refractivity contribution is 7.98. The number of rotatable bonds is 5. The number of piperidine rings is 1. The third kappa shape index (κ3) is 5.28. The molecule has 1 heterocycles. The summed E-state index contributed by atoms with van der Waals surface area (Å²) in [6, 6.07) is -1.29. The molecule has 7 heteroatoms. The molecule has 1 aliphatic heterocycles. The van der Waals surface area contributed by atoms with Gasteiger partial charge in [0.1, 0.15) is 6.04 Å². The molecule has 19 heavy (non-hydrogen) atoms. The van der Waals surface area contributed by atoms with E-state index in [1.54, 1.807) is 23.6 Å². The molecule has 2 atom stereocenters. The summed E-state index contributed by atoms with van der Waals surface area (Å²) in [5.74, 6) is 0.605. The number of nitrogens with one attached hydrogen (secondary N) is 1. The van der Waals surface area contributed by atoms with Gasteiger partial charge in [0, 0.05) is 13.1 Å². The molecule has 0 aromatic heterocycles. The lowest BCUT2D eigenvalue weighted by Crippen LogP contribution is -2.55. The highest BCUT2D eigenvalue weighted by Crippen LogP contribution is 2.21. The smallest absolute Gasteiger partial charge is 0.312 e. The zero-order valence-corrected chi connectivity index (χ0v) is 12.3. The molecule has 1 saturated heterocycles. The second kappa shape index (κ2) is 7.00. The summed E-state index contributed by atoms with van der Waals surface area (Å²) < 4.78 is 0. The highest BCUT2D eigenvalue weighted by atomic mass is 32.2. The quantitative estimate of drug-likeness (QED) is 0.671. The van der Waals surface area contributed by atoms with Crippen molar-refractivity contribution in [2.45, 2.75) is 37.8 Å². The van der Waals surface area contributed by atoms with Crippen LogP contribution in [0.2, 0.25) is 0 Å². The average Bonchev–Trinajstić information content (AvgIpc) is 2.32. The van der Waals surface area contributed by atoms with Crippen LogP contribution in [0.3, 0.4) is 0 Å². The second-order valence-electron chi connectivity index (χ2n) is 5.20. The number of β-amino-alcohol motifs (C(OH)–C–C–N with tert-alkyl or cyclic N) is 1. The number of aliphatic hydroxyl groups is 1. The third-order valence-electron chi connectivity index (χ3n) is 3.21. The van der Waals surface area contributed by atoms with Gasteiger partial charge in [0.25, 0.3) is 0 Å². The van der Waals surface area contributed by atoms with Gasteiger partial charge in [0.2, 0.25) is 5.91 Å². The number of carbonyl (C=O) groups is 2. The maximum absolute atomic E-state index is 12.4. The number of primary amides is 1. The maximum atomic E-state index is 12.4. The van der Waals surface area contributed by atoms with E-state index < -0.39 is 17.7 Å². The summed E-state index contributed by atoms with van der Waals surface area (Å²) in [7, 11) is 0. The molecule has 0 bridgehead atoms. The van der Waals surface area contributed by atoms with Crippen molar-refractivity contribution in [3.63, 3.8) is 0 Å². The summed E-state index contributed by atoms with van der Waals surface area (Å²) in [5, 5.41) is 12.5. The first kappa shape index (κ1) is 16.1. The van der Waals surface area contributed by atoms with Gasteiger partial charge in [-0.2, -0.15) is 11.8 Å². The van der Waals surface area contributed by atoms with Crippen molar-refractivity contribution in [1.29, 1.82) is 0 Å². The summed E-state index contributed by atoms with van der Waals surface area (Å²) in [5.41, 5.74) is 4.27. The van der Waals surface area contributed by atoms with Crippen LogP contribution in [-0.4, -0.2) is 58.7 Å². The Balaban J connectivity index is 2.66. The zero-order valence-electron chi connectivity index (χ0n) is 11.5. The molecular weight excluding hydrogens is 266 g/mol. The number of hydrogen-bond acceptors (Lipinski definition) is 4. The molecule has 110 valence electrons. The molecule has 0 aromatic rings. The van der Waals surface area contributed by atoms with Crippen LogP contribution < -0.4 is 11.1 Å². The fraction of sp³-hybridized carbons (Fsp3) is 0.833. The molecular formula is C12H23N3O3S. The fourth-order valence-corrected chi connectivity index (χ4v) is 2.76. The molecule has 0 saturated carbocycles. The largest absolute Gasteiger partial charge is 0.388 e. The first-order valence-corrected chi connectivity index (χ1v) is 7.81. The van der Waals surface area contributed by atoms with Crippen molar-refractivity contribution in [3.8, 4) is 0 Å². The zero-order chi connectivity index (χ0) is 14.5. The number of amides is 3. The molecule has 4 N–H and O–H groups in total. The van der Waals surface area contributed by atoms with Crippen LogP contribution in [0.1, 0.15) is 26.2 Å². The molecule has 0 aliphatic carbocycles. The van der Waals surface area contributed by atoms with E-state index >= 15 is 0 Å². The standard InChI is InChI=1S/C12H23N3O3S/c1-12(18)5-3-6-15(8-12)10(16)9(4-7-19-2)14-11(13)17/h9,18H,3-8H2,1-2H3,(H3,13,14,17). The predicted octanol–water partition coefficient (Wildman–Crippen LogP) is 0.150. The van der Waals surface area contributed by atoms with Gasteiger partial charge in [-0.15, -0.1) is 0 Å². The van der Waals surface area contributed by atoms with Crippen molar-refractivity contribution in [1.82, 2.24) is 10.2 Å². The van der Waals surface area contributed by atoms with E-state index in [0.717, 1.165) is 12.2 Å². The molecule has 0 aromatic carbocycles. The number of thioether (sulfide) groups is 1. The predicted molar refractivity (Wildman–Crippen MR) is 75.9 cm³/mol. The van der Waals surface area contributed by atoms with Gasteiger partial charge in [0.05, 0.1) is 5.60 Å². The van der Waals surface area contributed by atoms with Crippen molar-refractivity contribution in [2.24, 2.45) is 5.73 Å². The fourth-order valence-electron chi connectivity index (χ4n) is 2.29. The first-order chi connectivity index (χ1) is 8.85. The minimum atomic E-state index is -0.843. The molecule has 6 nitrogen and oxygen atoms in total. The number of carbonyl (C=O) groups excluding carboxylic acids is 2. The number of nitrogens with two attached hydrogens (primary N) is 1. The van der Waals surface area contributed by atoms with Gasteiger partial charge in [-0.05, 0) is 38.2 Å². The molecule has 0 radical (unpaired) electrons. The summed E-state index contributed by atoms with van der Waals surface area (Å²) >= 11 is 1.61. The second-order valence-corrected chi connectivity index (χ2v) is 6.19. The molecule has 1 rings (SSSR count). The van der Waals surface area contributed by atoms with E-state index in [0.29, 0.717) is 25.9 Å². The Morgan fingerprint density at radius 1 is 1.58 bits per heavy atom. The number of likely N-dealkylation sites (tertiary alicyclic amines) is 1. The molecule has 2 unspecified atom stereocenters. The summed E-state index contributed by atoms with van der Waals surface area (Å²) in [4.78, 5) is 24.9. The Labute approximate surface area is 118 Å². The summed E-state index contributed by atoms with van der Waals surface area (Å²) in [6.45, 7) is 2.65. The van der Waals surface area contributed by atoms with Crippen LogP contribution >= 0.6 is 11.8 Å². The van der Waals surface area contributed by atoms with Crippen LogP contribution in [0.15, 0.2) is 0 Å². The van der Waals surface area contributed by atoms with E-state index in [1.165, 1.54) is 0 Å². The van der Waals surface area contributed by atoms with E-state index in [1.807, 2.05) is 6.26 Å². The van der Waals surface area contributed by atoms with Gasteiger partial charge in [-0.3, -0.25) is 4.79 Å². The van der Waals surface area contributed by atoms with Crippen LogP contribution in [-0.2, 0) is 4.79 Å². The van der Waals surface area contributed by atoms with Crippen LogP contribution in [0.5, 0.6) is 0 Å². The maximum Gasteiger partial charge on any atom is 0.312 e. The minimum Gasteiger partial charge on any atom is -0.388 e. The Hall–Kier alpha value is -0.950. The molecule has 3 amide bonds. The van der Waals surface area contributed by atoms with Crippen LogP contribution in [0.25, 0.3) is 0 Å². The molecule has 1 fully saturated rings. The molecule has 1 aliphatic rings. The van der Waals surface area contributed by atoms with Crippen LogP contribution in [0.4, 0.5) is 4.79 Å². The minimum absolute atomic E-state index is 0.159. The van der Waals surface area contributed by atoms with E-state index in [2.05, 4.69) is 5.32 Å². The molecule has 0 spiro atoms. The average molecular weight is 289 g/mol. The van der Waals surface area contributed by atoms with E-state index in [-0.39, 0.29) is 5.91 Å². The van der Waals surface area contributed by atoms with E-state index in [4.69, 9.17) is 5.73 Å². The normalized spacial score (nSPS) is 24.9. The van der Waals surface area contributed by atoms with Crippen LogP contribution in [0, 0.1) is 0 Å². The lowest BCUT2D eigenvalue weighted by atomic mass is 9.94.